The van der Waals surface area contributed by atoms with Crippen molar-refractivity contribution >= 4 is 15.8 Å². The quantitative estimate of drug-likeness (QED) is 0.573. The molecule has 0 aromatic carbocycles. The molecule has 0 unspecified atom stereocenters. The Morgan fingerprint density at radius 1 is 1.15 bits per heavy atom. The predicted octanol–water partition coefficient (Wildman–Crippen LogP) is 0.403. The molecule has 0 spiro atoms. The first-order chi connectivity index (χ1) is 12.3. The van der Waals surface area contributed by atoms with Crippen LogP contribution in [-0.2, 0) is 17.1 Å². The fraction of sp³-hybridized carbons (Fsp3) is 0.333. The summed E-state index contributed by atoms with van der Waals surface area (Å²) in [4.78, 5) is 12.6. The van der Waals surface area contributed by atoms with Crippen LogP contribution < -0.4 is 10.0 Å². The van der Waals surface area contributed by atoms with E-state index >= 15 is 0 Å². The Bertz CT molecular complexity index is 975. The summed E-state index contributed by atoms with van der Waals surface area (Å²) in [6.07, 6.45) is 4.93. The highest BCUT2D eigenvalue weighted by Gasteiger charge is 2.17. The molecule has 138 valence electrons. The molecule has 0 fully saturated rings. The minimum absolute atomic E-state index is 0.0105. The molecule has 0 radical (unpaired) electrons. The van der Waals surface area contributed by atoms with E-state index in [0.717, 1.165) is 0 Å². The Labute approximate surface area is 151 Å². The van der Waals surface area contributed by atoms with Gasteiger partial charge in [-0.25, -0.2) is 32.8 Å². The van der Waals surface area contributed by atoms with Gasteiger partial charge in [0, 0.05) is 44.8 Å². The fourth-order valence-electron chi connectivity index (χ4n) is 2.27. The summed E-state index contributed by atoms with van der Waals surface area (Å²) in [6, 6.07) is 3.55. The summed E-state index contributed by atoms with van der Waals surface area (Å²) in [5.41, 5.74) is 0. The van der Waals surface area contributed by atoms with Crippen molar-refractivity contribution in [1.29, 1.82) is 0 Å². The molecule has 0 aliphatic rings. The van der Waals surface area contributed by atoms with Crippen LogP contribution in [0.1, 0.15) is 11.6 Å². The first kappa shape index (κ1) is 18.0. The van der Waals surface area contributed by atoms with E-state index < -0.39 is 10.0 Å². The van der Waals surface area contributed by atoms with Crippen LogP contribution in [0.3, 0.4) is 0 Å². The molecule has 11 heteroatoms. The fourth-order valence-corrected chi connectivity index (χ4v) is 3.34. The maximum Gasteiger partial charge on any atom is 0.259 e. The standard InChI is InChI=1S/C15H20N8O2S/c1-11-19-13(9-14(20-11)23-8-4-5-17-23)16-6-7-18-26(24,25)15-10-22(3)12(2)21-15/h4-5,8-10,18H,6-7H2,1-3H3,(H,16,19,20). The summed E-state index contributed by atoms with van der Waals surface area (Å²) in [6.45, 7) is 4.08. The lowest BCUT2D eigenvalue weighted by molar-refractivity contribution is 0.579. The van der Waals surface area contributed by atoms with E-state index in [1.54, 1.807) is 54.7 Å². The van der Waals surface area contributed by atoms with E-state index in [0.29, 0.717) is 29.8 Å². The van der Waals surface area contributed by atoms with Crippen molar-refractivity contribution in [3.8, 4) is 5.82 Å². The maximum atomic E-state index is 12.2. The molecule has 3 heterocycles. The molecular formula is C15H20N8O2S. The van der Waals surface area contributed by atoms with Crippen LogP contribution in [0.4, 0.5) is 5.82 Å². The lowest BCUT2D eigenvalue weighted by atomic mass is 10.4. The van der Waals surface area contributed by atoms with Gasteiger partial charge in [0.2, 0.25) is 0 Å². The van der Waals surface area contributed by atoms with Crippen molar-refractivity contribution in [3.05, 3.63) is 42.4 Å². The molecule has 0 saturated carbocycles. The lowest BCUT2D eigenvalue weighted by Crippen LogP contribution is -2.29. The number of hydrogen-bond acceptors (Lipinski definition) is 7. The van der Waals surface area contributed by atoms with Gasteiger partial charge in [0.05, 0.1) is 0 Å². The molecule has 0 saturated heterocycles. The summed E-state index contributed by atoms with van der Waals surface area (Å²) in [5, 5.41) is 7.23. The van der Waals surface area contributed by atoms with E-state index in [2.05, 4.69) is 30.1 Å². The monoisotopic (exact) mass is 376 g/mol. The molecule has 2 N–H and O–H groups in total. The highest BCUT2D eigenvalue weighted by atomic mass is 32.2. The van der Waals surface area contributed by atoms with E-state index in [-0.39, 0.29) is 11.6 Å². The third-order valence-electron chi connectivity index (χ3n) is 3.65. The summed E-state index contributed by atoms with van der Waals surface area (Å²) in [7, 11) is -1.89. The van der Waals surface area contributed by atoms with Crippen LogP contribution in [-0.4, -0.2) is 50.8 Å². The van der Waals surface area contributed by atoms with Gasteiger partial charge >= 0.3 is 0 Å². The highest BCUT2D eigenvalue weighted by Crippen LogP contribution is 2.10. The number of imidazole rings is 1. The van der Waals surface area contributed by atoms with Gasteiger partial charge in [0.15, 0.2) is 10.8 Å². The van der Waals surface area contributed by atoms with Crippen molar-refractivity contribution in [3.63, 3.8) is 0 Å². The molecule has 3 aromatic heterocycles. The van der Waals surface area contributed by atoms with Crippen molar-refractivity contribution in [2.24, 2.45) is 7.05 Å². The molecular weight excluding hydrogens is 356 g/mol. The number of rotatable bonds is 7. The maximum absolute atomic E-state index is 12.2. The van der Waals surface area contributed by atoms with Crippen LogP contribution in [0.2, 0.25) is 0 Å². The molecule has 26 heavy (non-hydrogen) atoms. The third-order valence-corrected chi connectivity index (χ3v) is 4.98. The van der Waals surface area contributed by atoms with Gasteiger partial charge in [-0.05, 0) is 19.9 Å². The Morgan fingerprint density at radius 3 is 2.62 bits per heavy atom. The first-order valence-corrected chi connectivity index (χ1v) is 9.43. The molecule has 3 rings (SSSR count). The number of aromatic nitrogens is 6. The van der Waals surface area contributed by atoms with E-state index in [9.17, 15) is 8.42 Å². The van der Waals surface area contributed by atoms with Gasteiger partial charge in [-0.3, -0.25) is 0 Å². The summed E-state index contributed by atoms with van der Waals surface area (Å²) < 4.78 is 30.2. The van der Waals surface area contributed by atoms with Crippen LogP contribution in [0.25, 0.3) is 5.82 Å². The van der Waals surface area contributed by atoms with Gasteiger partial charge < -0.3 is 9.88 Å². The Balaban J connectivity index is 1.60. The zero-order valence-corrected chi connectivity index (χ0v) is 15.5. The van der Waals surface area contributed by atoms with E-state index in [4.69, 9.17) is 0 Å². The normalized spacial score (nSPS) is 11.7. The van der Waals surface area contributed by atoms with Crippen LogP contribution in [0.15, 0.2) is 35.7 Å². The average molecular weight is 376 g/mol. The number of hydrogen-bond donors (Lipinski definition) is 2. The first-order valence-electron chi connectivity index (χ1n) is 7.94. The summed E-state index contributed by atoms with van der Waals surface area (Å²) >= 11 is 0. The van der Waals surface area contributed by atoms with Crippen molar-refractivity contribution in [2.75, 3.05) is 18.4 Å². The van der Waals surface area contributed by atoms with Crippen LogP contribution >= 0.6 is 0 Å². The minimum Gasteiger partial charge on any atom is -0.369 e. The molecule has 0 aliphatic carbocycles. The number of nitrogens with one attached hydrogen (secondary N) is 2. The molecule has 0 bridgehead atoms. The number of nitrogens with zero attached hydrogens (tertiary/aromatic N) is 6. The van der Waals surface area contributed by atoms with E-state index in [1.807, 2.05) is 0 Å². The van der Waals surface area contributed by atoms with Crippen LogP contribution in [0.5, 0.6) is 0 Å². The highest BCUT2D eigenvalue weighted by molar-refractivity contribution is 7.89. The number of aryl methyl sites for hydroxylation is 3. The molecule has 0 aliphatic heterocycles. The van der Waals surface area contributed by atoms with Gasteiger partial charge in [-0.15, -0.1) is 0 Å². The van der Waals surface area contributed by atoms with Crippen molar-refractivity contribution < 1.29 is 8.42 Å². The second-order valence-corrected chi connectivity index (χ2v) is 7.38. The second-order valence-electron chi connectivity index (χ2n) is 5.67. The zero-order chi connectivity index (χ0) is 18.7. The minimum atomic E-state index is -3.64. The Hall–Kier alpha value is -2.79. The Morgan fingerprint density at radius 2 is 1.96 bits per heavy atom. The van der Waals surface area contributed by atoms with Gasteiger partial charge in [-0.1, -0.05) is 0 Å². The van der Waals surface area contributed by atoms with E-state index in [1.165, 1.54) is 6.20 Å². The molecule has 0 atom stereocenters. The number of anilines is 1. The second kappa shape index (κ2) is 7.22. The third kappa shape index (κ3) is 4.06. The molecule has 0 amide bonds. The Kier molecular flexibility index (Phi) is 5.00. The van der Waals surface area contributed by atoms with Gasteiger partial charge in [-0.2, -0.15) is 5.10 Å². The van der Waals surface area contributed by atoms with Gasteiger partial charge in [0.1, 0.15) is 17.5 Å². The SMILES string of the molecule is Cc1nc(NCCNS(=O)(=O)c2cn(C)c(C)n2)cc(-n2cccn2)n1. The number of sulfonamides is 1. The topological polar surface area (TPSA) is 120 Å². The lowest BCUT2D eigenvalue weighted by Gasteiger charge is -2.09. The predicted molar refractivity (Wildman–Crippen MR) is 95.5 cm³/mol. The van der Waals surface area contributed by atoms with Crippen LogP contribution in [0, 0.1) is 13.8 Å². The smallest absolute Gasteiger partial charge is 0.259 e. The van der Waals surface area contributed by atoms with Gasteiger partial charge in [0.25, 0.3) is 10.0 Å². The molecule has 10 nitrogen and oxygen atoms in total. The van der Waals surface area contributed by atoms with Crippen molar-refractivity contribution in [1.82, 2.24) is 34.0 Å². The zero-order valence-electron chi connectivity index (χ0n) is 14.7. The average Bonchev–Trinajstić information content (AvgIpc) is 3.22. The van der Waals surface area contributed by atoms with Crippen molar-refractivity contribution in [2.45, 2.75) is 18.9 Å². The summed E-state index contributed by atoms with van der Waals surface area (Å²) in [5.74, 6) is 2.45. The molecule has 3 aromatic rings. The largest absolute Gasteiger partial charge is 0.369 e.